The summed E-state index contributed by atoms with van der Waals surface area (Å²) in [5.74, 6) is 0.535. The fourth-order valence-corrected chi connectivity index (χ4v) is 7.87. The number of rotatable bonds is 5. The Morgan fingerprint density at radius 2 is 1.87 bits per heavy atom. The van der Waals surface area contributed by atoms with Gasteiger partial charge in [0, 0.05) is 36.3 Å². The summed E-state index contributed by atoms with van der Waals surface area (Å²) >= 11 is 1.38. The molecular formula is C22H25N3O4S2. The van der Waals surface area contributed by atoms with Crippen LogP contribution in [0.1, 0.15) is 5.56 Å². The maximum Gasteiger partial charge on any atom is 0.252 e. The van der Waals surface area contributed by atoms with Crippen LogP contribution in [0.15, 0.2) is 53.5 Å². The Kier molecular flexibility index (Phi) is 5.98. The molecule has 31 heavy (non-hydrogen) atoms. The van der Waals surface area contributed by atoms with E-state index in [1.165, 1.54) is 11.8 Å². The van der Waals surface area contributed by atoms with Crippen LogP contribution < -0.4 is 14.5 Å². The van der Waals surface area contributed by atoms with Crippen LogP contribution in [-0.4, -0.2) is 63.5 Å². The zero-order chi connectivity index (χ0) is 22.2. The van der Waals surface area contributed by atoms with Crippen LogP contribution >= 0.6 is 11.8 Å². The number of nitrogens with zero attached hydrogens (tertiary/aromatic N) is 3. The monoisotopic (exact) mass is 459 g/mol. The number of ether oxygens (including phenoxy) is 1. The number of methoxy groups -OCH3 is 1. The molecule has 4 rings (SSSR count). The zero-order valence-electron chi connectivity index (χ0n) is 17.7. The number of amidine groups is 1. The average Bonchev–Trinajstić information content (AvgIpc) is 3.19. The van der Waals surface area contributed by atoms with E-state index >= 15 is 0 Å². The van der Waals surface area contributed by atoms with Gasteiger partial charge in [-0.2, -0.15) is 4.99 Å². The highest BCUT2D eigenvalue weighted by Crippen LogP contribution is 2.41. The van der Waals surface area contributed by atoms with Crippen molar-refractivity contribution in [2.24, 2.45) is 4.99 Å². The molecule has 2 atom stereocenters. The molecule has 0 bridgehead atoms. The van der Waals surface area contributed by atoms with Gasteiger partial charge in [0.2, 0.25) is 0 Å². The number of benzene rings is 2. The minimum Gasteiger partial charge on any atom is -0.496 e. The number of fused-ring (bicyclic) bond motifs is 1. The summed E-state index contributed by atoms with van der Waals surface area (Å²) in [5.41, 5.74) is 2.65. The van der Waals surface area contributed by atoms with Gasteiger partial charge >= 0.3 is 0 Å². The summed E-state index contributed by atoms with van der Waals surface area (Å²) in [6, 6.07) is 15.0. The average molecular weight is 460 g/mol. The Balaban J connectivity index is 1.64. The van der Waals surface area contributed by atoms with E-state index in [0.29, 0.717) is 10.9 Å². The fraction of sp³-hybridized carbons (Fsp3) is 0.364. The Labute approximate surface area is 187 Å². The van der Waals surface area contributed by atoms with Gasteiger partial charge < -0.3 is 14.5 Å². The molecule has 0 N–H and O–H groups in total. The quantitative estimate of drug-likeness (QED) is 0.680. The smallest absolute Gasteiger partial charge is 0.252 e. The van der Waals surface area contributed by atoms with Crippen molar-refractivity contribution in [3.8, 4) is 5.75 Å². The normalized spacial score (nSPS) is 23.1. The molecule has 0 spiro atoms. The van der Waals surface area contributed by atoms with Gasteiger partial charge in [0.05, 0.1) is 31.1 Å². The van der Waals surface area contributed by atoms with Crippen LogP contribution in [-0.2, 0) is 21.1 Å². The summed E-state index contributed by atoms with van der Waals surface area (Å²) in [6.07, 6.45) is 0.120. The number of amides is 1. The number of thioether (sulfide) groups is 1. The summed E-state index contributed by atoms with van der Waals surface area (Å²) in [6.45, 7) is 0. The first kappa shape index (κ1) is 21.7. The predicted molar refractivity (Wildman–Crippen MR) is 126 cm³/mol. The highest BCUT2D eigenvalue weighted by atomic mass is 32.2. The highest BCUT2D eigenvalue weighted by Gasteiger charge is 2.49. The van der Waals surface area contributed by atoms with E-state index < -0.39 is 9.84 Å². The van der Waals surface area contributed by atoms with Gasteiger partial charge in [-0.05, 0) is 30.3 Å². The van der Waals surface area contributed by atoms with Crippen molar-refractivity contribution < 1.29 is 17.9 Å². The molecule has 2 fully saturated rings. The lowest BCUT2D eigenvalue weighted by molar-refractivity contribution is -0.117. The molecule has 2 aliphatic heterocycles. The summed E-state index contributed by atoms with van der Waals surface area (Å²) in [5, 5.41) is 0.429. The summed E-state index contributed by atoms with van der Waals surface area (Å²) < 4.78 is 29.8. The highest BCUT2D eigenvalue weighted by molar-refractivity contribution is 8.16. The molecule has 2 saturated heterocycles. The lowest BCUT2D eigenvalue weighted by atomic mass is 10.1. The topological polar surface area (TPSA) is 79.3 Å². The molecule has 0 aromatic heterocycles. The molecule has 2 aliphatic rings. The molecule has 2 heterocycles. The van der Waals surface area contributed by atoms with Gasteiger partial charge in [-0.15, -0.1) is 0 Å². The van der Waals surface area contributed by atoms with Crippen molar-refractivity contribution in [3.05, 3.63) is 54.1 Å². The second-order valence-electron chi connectivity index (χ2n) is 7.86. The van der Waals surface area contributed by atoms with E-state index in [9.17, 15) is 13.2 Å². The number of para-hydroxylation sites is 1. The molecule has 7 nitrogen and oxygen atoms in total. The van der Waals surface area contributed by atoms with Crippen molar-refractivity contribution in [1.29, 1.82) is 0 Å². The minimum atomic E-state index is -3.10. The van der Waals surface area contributed by atoms with Crippen molar-refractivity contribution in [1.82, 2.24) is 0 Å². The first-order chi connectivity index (χ1) is 14.8. The molecule has 0 radical (unpaired) electrons. The molecule has 0 saturated carbocycles. The largest absolute Gasteiger partial charge is 0.496 e. The number of anilines is 2. The van der Waals surface area contributed by atoms with Gasteiger partial charge in [0.15, 0.2) is 15.0 Å². The van der Waals surface area contributed by atoms with E-state index in [2.05, 4.69) is 4.99 Å². The molecule has 2 aromatic rings. The SMILES string of the molecule is COc1ccccc1CC(=O)N=C1S[C@@H]2CS(=O)(=O)C[C@@H]2N1c1ccc(N(C)C)cc1. The van der Waals surface area contributed by atoms with E-state index in [0.717, 1.165) is 16.9 Å². The minimum absolute atomic E-state index is 0.0693. The molecule has 9 heteroatoms. The first-order valence-electron chi connectivity index (χ1n) is 9.94. The zero-order valence-corrected chi connectivity index (χ0v) is 19.3. The molecule has 0 aliphatic carbocycles. The standard InChI is InChI=1S/C22H25N3O4S2/c1-24(2)16-8-10-17(11-9-16)25-18-13-31(27,28)14-20(18)30-22(25)23-21(26)12-15-6-4-5-7-19(15)29-3/h4-11,18,20H,12-14H2,1-3H3/t18-,20+/m0/s1. The predicted octanol–water partition coefficient (Wildman–Crippen LogP) is 2.61. The Morgan fingerprint density at radius 3 is 2.55 bits per heavy atom. The maximum atomic E-state index is 12.8. The number of sulfone groups is 1. The lowest BCUT2D eigenvalue weighted by Crippen LogP contribution is -2.37. The Morgan fingerprint density at radius 1 is 1.16 bits per heavy atom. The van der Waals surface area contributed by atoms with Crippen molar-refractivity contribution in [2.75, 3.05) is 42.5 Å². The van der Waals surface area contributed by atoms with Crippen LogP contribution in [0.25, 0.3) is 0 Å². The number of carbonyl (C=O) groups excluding carboxylic acids is 1. The fourth-order valence-electron chi connectivity index (χ4n) is 3.94. The van der Waals surface area contributed by atoms with Gasteiger partial charge in [0.25, 0.3) is 5.91 Å². The number of aliphatic imine (C=N–C) groups is 1. The van der Waals surface area contributed by atoms with E-state index in [-0.39, 0.29) is 35.1 Å². The third-order valence-corrected chi connectivity index (χ3v) is 8.68. The van der Waals surface area contributed by atoms with Gasteiger partial charge in [0.1, 0.15) is 5.75 Å². The van der Waals surface area contributed by atoms with E-state index in [1.807, 2.05) is 72.4 Å². The van der Waals surface area contributed by atoms with Crippen molar-refractivity contribution >= 4 is 44.0 Å². The van der Waals surface area contributed by atoms with Gasteiger partial charge in [-0.25, -0.2) is 8.42 Å². The van der Waals surface area contributed by atoms with Crippen molar-refractivity contribution in [2.45, 2.75) is 17.7 Å². The molecule has 0 unspecified atom stereocenters. The Hall–Kier alpha value is -2.52. The summed E-state index contributed by atoms with van der Waals surface area (Å²) in [7, 11) is 2.39. The molecule has 1 amide bonds. The van der Waals surface area contributed by atoms with Crippen molar-refractivity contribution in [3.63, 3.8) is 0 Å². The maximum absolute atomic E-state index is 12.8. The number of hydrogen-bond donors (Lipinski definition) is 0. The second-order valence-corrected chi connectivity index (χ2v) is 11.2. The first-order valence-corrected chi connectivity index (χ1v) is 12.6. The molecule has 164 valence electrons. The lowest BCUT2D eigenvalue weighted by Gasteiger charge is -2.25. The van der Waals surface area contributed by atoms with Crippen LogP contribution in [0.2, 0.25) is 0 Å². The number of hydrogen-bond acceptors (Lipinski definition) is 6. The number of carbonyl (C=O) groups is 1. The molecular weight excluding hydrogens is 434 g/mol. The van der Waals surface area contributed by atoms with E-state index in [1.54, 1.807) is 7.11 Å². The molecule has 2 aromatic carbocycles. The second kappa shape index (κ2) is 8.55. The van der Waals surface area contributed by atoms with Crippen LogP contribution in [0.5, 0.6) is 5.75 Å². The third-order valence-electron chi connectivity index (χ3n) is 5.47. The Bertz CT molecular complexity index is 1110. The third kappa shape index (κ3) is 4.57. The van der Waals surface area contributed by atoms with Crippen LogP contribution in [0.4, 0.5) is 11.4 Å². The van der Waals surface area contributed by atoms with Gasteiger partial charge in [-0.1, -0.05) is 30.0 Å². The van der Waals surface area contributed by atoms with Gasteiger partial charge in [-0.3, -0.25) is 4.79 Å². The summed E-state index contributed by atoms with van der Waals surface area (Å²) in [4.78, 5) is 21.1. The van der Waals surface area contributed by atoms with Crippen LogP contribution in [0.3, 0.4) is 0 Å². The van der Waals surface area contributed by atoms with E-state index in [4.69, 9.17) is 4.74 Å². The van der Waals surface area contributed by atoms with Crippen LogP contribution in [0, 0.1) is 0 Å².